The lowest BCUT2D eigenvalue weighted by atomic mass is 9.94. The van der Waals surface area contributed by atoms with E-state index in [1.54, 1.807) is 40.9 Å². The summed E-state index contributed by atoms with van der Waals surface area (Å²) in [6.45, 7) is 1.07. The molecule has 11 heteroatoms. The van der Waals surface area contributed by atoms with Gasteiger partial charge in [-0.25, -0.2) is 4.79 Å². The molecule has 1 atom stereocenters. The number of unbranched alkanes of at least 4 members (excludes halogenated alkanes) is 1. The molecule has 0 unspecified atom stereocenters. The first-order valence-electron chi connectivity index (χ1n) is 11.6. The molecule has 37 heavy (non-hydrogen) atoms. The number of rotatable bonds is 9. The number of ether oxygens (including phenoxy) is 1. The van der Waals surface area contributed by atoms with Gasteiger partial charge in [0.2, 0.25) is 0 Å². The lowest BCUT2D eigenvalue weighted by Crippen LogP contribution is -2.47. The van der Waals surface area contributed by atoms with Gasteiger partial charge in [0.15, 0.2) is 0 Å². The fraction of sp³-hybridized carbons (Fsp3) is 0.346. The Labute approximate surface area is 216 Å². The van der Waals surface area contributed by atoms with Crippen molar-refractivity contribution in [3.05, 3.63) is 76.5 Å². The molecular weight excluding hydrogens is 505 g/mol. The molecule has 0 spiro atoms. The molecule has 4 rings (SSSR count). The molecule has 1 N–H and O–H groups in total. The molecule has 194 valence electrons. The molecule has 0 saturated heterocycles. The van der Waals surface area contributed by atoms with Gasteiger partial charge >= 0.3 is 12.2 Å². The van der Waals surface area contributed by atoms with Crippen LogP contribution in [0.2, 0.25) is 0 Å². The summed E-state index contributed by atoms with van der Waals surface area (Å²) in [6, 6.07) is 11.6. The SMILES string of the molecule is CSCOCCCCN1CC2=C(C1=O)[C@@H](c1ccc(C#N)cc1)NC(=O)N2c1cccc(C(F)(F)F)c1. The third-order valence-electron chi connectivity index (χ3n) is 6.17. The molecule has 2 aromatic rings. The lowest BCUT2D eigenvalue weighted by molar-refractivity contribution is -0.137. The summed E-state index contributed by atoms with van der Waals surface area (Å²) < 4.78 is 45.6. The first-order valence-corrected chi connectivity index (χ1v) is 13.0. The van der Waals surface area contributed by atoms with Crippen LogP contribution in [0.4, 0.5) is 23.7 Å². The van der Waals surface area contributed by atoms with Gasteiger partial charge in [-0.05, 0) is 55.0 Å². The highest BCUT2D eigenvalue weighted by molar-refractivity contribution is 7.98. The molecule has 0 fully saturated rings. The van der Waals surface area contributed by atoms with Gasteiger partial charge in [0.05, 0.1) is 52.7 Å². The van der Waals surface area contributed by atoms with Gasteiger partial charge in [-0.1, -0.05) is 18.2 Å². The number of hydrogen-bond acceptors (Lipinski definition) is 5. The van der Waals surface area contributed by atoms with E-state index in [0.717, 1.165) is 23.5 Å². The number of amides is 3. The van der Waals surface area contributed by atoms with Gasteiger partial charge in [0.25, 0.3) is 5.91 Å². The van der Waals surface area contributed by atoms with Crippen LogP contribution in [-0.4, -0.2) is 48.7 Å². The number of halogens is 3. The van der Waals surface area contributed by atoms with Gasteiger partial charge in [-0.15, -0.1) is 11.8 Å². The van der Waals surface area contributed by atoms with Crippen molar-refractivity contribution < 1.29 is 27.5 Å². The molecule has 0 aliphatic carbocycles. The molecule has 3 amide bonds. The topological polar surface area (TPSA) is 85.7 Å². The molecule has 0 saturated carbocycles. The van der Waals surface area contributed by atoms with Crippen molar-refractivity contribution in [1.29, 1.82) is 5.26 Å². The van der Waals surface area contributed by atoms with E-state index >= 15 is 0 Å². The van der Waals surface area contributed by atoms with E-state index in [4.69, 9.17) is 10.00 Å². The zero-order chi connectivity index (χ0) is 26.6. The molecule has 2 aromatic carbocycles. The standard InChI is InChI=1S/C26H25F3N4O3S/c1-37-16-36-12-3-2-11-32-15-21-22(24(32)34)23(18-9-7-17(14-30)8-10-18)31-25(35)33(21)20-6-4-5-19(13-20)26(27,28)29/h4-10,13,23H,2-3,11-12,15-16H2,1H3,(H,31,35)/t23-/m1/s1. The number of carbonyl (C=O) groups is 2. The maximum atomic E-state index is 13.5. The molecule has 0 aromatic heterocycles. The van der Waals surface area contributed by atoms with Gasteiger partial charge in [0.1, 0.15) is 0 Å². The number of nitrogens with zero attached hydrogens (tertiary/aromatic N) is 3. The molecule has 2 aliphatic rings. The van der Waals surface area contributed by atoms with Crippen molar-refractivity contribution in [2.24, 2.45) is 0 Å². The molecule has 2 heterocycles. The maximum absolute atomic E-state index is 13.5. The van der Waals surface area contributed by atoms with Crippen LogP contribution in [-0.2, 0) is 15.7 Å². The Morgan fingerprint density at radius 1 is 1.16 bits per heavy atom. The predicted octanol–water partition coefficient (Wildman–Crippen LogP) is 5.06. The predicted molar refractivity (Wildman–Crippen MR) is 134 cm³/mol. The number of thioether (sulfide) groups is 1. The zero-order valence-electron chi connectivity index (χ0n) is 20.0. The van der Waals surface area contributed by atoms with E-state index in [-0.39, 0.29) is 18.1 Å². The first kappa shape index (κ1) is 26.6. The lowest BCUT2D eigenvalue weighted by Gasteiger charge is -2.33. The number of nitrogens with one attached hydrogen (secondary N) is 1. The molecular formula is C26H25F3N4O3S. The maximum Gasteiger partial charge on any atom is 0.416 e. The van der Waals surface area contributed by atoms with Gasteiger partial charge < -0.3 is 15.0 Å². The first-order chi connectivity index (χ1) is 17.7. The molecule has 0 bridgehead atoms. The summed E-state index contributed by atoms with van der Waals surface area (Å²) in [7, 11) is 0. The minimum Gasteiger partial charge on any atom is -0.371 e. The monoisotopic (exact) mass is 530 g/mol. The Morgan fingerprint density at radius 3 is 2.59 bits per heavy atom. The van der Waals surface area contributed by atoms with Crippen LogP contribution in [0.3, 0.4) is 0 Å². The van der Waals surface area contributed by atoms with Gasteiger partial charge in [-0.3, -0.25) is 9.69 Å². The summed E-state index contributed by atoms with van der Waals surface area (Å²) >= 11 is 1.57. The Hall–Kier alpha value is -3.49. The van der Waals surface area contributed by atoms with Crippen LogP contribution in [0, 0.1) is 11.3 Å². The van der Waals surface area contributed by atoms with Crippen molar-refractivity contribution in [3.63, 3.8) is 0 Å². The van der Waals surface area contributed by atoms with Crippen molar-refractivity contribution in [1.82, 2.24) is 10.2 Å². The minimum atomic E-state index is -4.58. The normalized spacial score (nSPS) is 17.6. The van der Waals surface area contributed by atoms with E-state index in [2.05, 4.69) is 5.32 Å². The number of nitriles is 1. The Kier molecular flexibility index (Phi) is 8.10. The highest BCUT2D eigenvalue weighted by atomic mass is 32.2. The van der Waals surface area contributed by atoms with Crippen LogP contribution in [0.25, 0.3) is 0 Å². The summed E-state index contributed by atoms with van der Waals surface area (Å²) in [5, 5.41) is 11.9. The number of hydrogen-bond donors (Lipinski definition) is 1. The van der Waals surface area contributed by atoms with E-state index in [1.165, 1.54) is 12.1 Å². The van der Waals surface area contributed by atoms with Crippen LogP contribution in [0.5, 0.6) is 0 Å². The second kappa shape index (κ2) is 11.3. The molecule has 0 radical (unpaired) electrons. The van der Waals surface area contributed by atoms with Crippen LogP contribution >= 0.6 is 11.8 Å². The highest BCUT2D eigenvalue weighted by Gasteiger charge is 2.44. The van der Waals surface area contributed by atoms with E-state index in [0.29, 0.717) is 47.9 Å². The molecule has 7 nitrogen and oxygen atoms in total. The average molecular weight is 531 g/mol. The average Bonchev–Trinajstić information content (AvgIpc) is 3.21. The zero-order valence-corrected chi connectivity index (χ0v) is 20.9. The summed E-state index contributed by atoms with van der Waals surface area (Å²) in [4.78, 5) is 29.6. The smallest absolute Gasteiger partial charge is 0.371 e. The van der Waals surface area contributed by atoms with E-state index in [1.807, 2.05) is 12.3 Å². The van der Waals surface area contributed by atoms with Crippen LogP contribution in [0.1, 0.15) is 35.6 Å². The summed E-state index contributed by atoms with van der Waals surface area (Å²) in [5.74, 6) is 0.302. The highest BCUT2D eigenvalue weighted by Crippen LogP contribution is 2.40. The Bertz CT molecular complexity index is 1240. The largest absolute Gasteiger partial charge is 0.416 e. The summed E-state index contributed by atoms with van der Waals surface area (Å²) in [5.41, 5.74) is 0.818. The van der Waals surface area contributed by atoms with Crippen LogP contribution in [0.15, 0.2) is 59.8 Å². The Morgan fingerprint density at radius 2 is 1.92 bits per heavy atom. The Balaban J connectivity index is 1.67. The van der Waals surface area contributed by atoms with Crippen molar-refractivity contribution >= 4 is 29.4 Å². The van der Waals surface area contributed by atoms with Crippen LogP contribution < -0.4 is 10.2 Å². The van der Waals surface area contributed by atoms with Crippen molar-refractivity contribution in [2.45, 2.75) is 25.1 Å². The summed E-state index contributed by atoms with van der Waals surface area (Å²) in [6.07, 6.45) is -1.23. The fourth-order valence-corrected chi connectivity index (χ4v) is 4.70. The van der Waals surface area contributed by atoms with Crippen molar-refractivity contribution in [3.8, 4) is 6.07 Å². The van der Waals surface area contributed by atoms with Gasteiger partial charge in [0, 0.05) is 13.2 Å². The van der Waals surface area contributed by atoms with Gasteiger partial charge in [-0.2, -0.15) is 18.4 Å². The number of alkyl halides is 3. The number of benzene rings is 2. The second-order valence-electron chi connectivity index (χ2n) is 8.61. The second-order valence-corrected chi connectivity index (χ2v) is 9.42. The van der Waals surface area contributed by atoms with Crippen molar-refractivity contribution in [2.75, 3.05) is 36.8 Å². The van der Waals surface area contributed by atoms with E-state index < -0.39 is 23.8 Å². The molecule has 2 aliphatic heterocycles. The minimum absolute atomic E-state index is 0.0261. The number of carbonyl (C=O) groups excluding carboxylic acids is 2. The quantitative estimate of drug-likeness (QED) is 0.362. The fourth-order valence-electron chi connectivity index (χ4n) is 4.42. The third-order valence-corrected chi connectivity index (χ3v) is 6.57. The third kappa shape index (κ3) is 5.76. The number of urea groups is 1. The number of anilines is 1. The van der Waals surface area contributed by atoms with E-state index in [9.17, 15) is 22.8 Å².